The Labute approximate surface area is 91.1 Å². The van der Waals surface area contributed by atoms with Gasteiger partial charge >= 0.3 is 0 Å². The fourth-order valence-corrected chi connectivity index (χ4v) is 2.08. The number of rotatable bonds is 2. The first-order chi connectivity index (χ1) is 7.16. The Balaban J connectivity index is 1.94. The summed E-state index contributed by atoms with van der Waals surface area (Å²) in [5.74, 6) is 0.660. The highest BCUT2D eigenvalue weighted by molar-refractivity contribution is 4.98. The topological polar surface area (TPSA) is 47.1 Å². The van der Waals surface area contributed by atoms with E-state index in [1.165, 1.54) is 12.1 Å². The van der Waals surface area contributed by atoms with Crippen molar-refractivity contribution in [3.8, 4) is 0 Å². The van der Waals surface area contributed by atoms with Gasteiger partial charge in [-0.15, -0.1) is 0 Å². The van der Waals surface area contributed by atoms with E-state index in [1.54, 1.807) is 0 Å². The lowest BCUT2D eigenvalue weighted by Crippen LogP contribution is -2.47. The van der Waals surface area contributed by atoms with Crippen LogP contribution in [0.3, 0.4) is 0 Å². The molecule has 2 unspecified atom stereocenters. The monoisotopic (exact) mass is 208 g/mol. The third-order valence-electron chi connectivity index (χ3n) is 3.40. The summed E-state index contributed by atoms with van der Waals surface area (Å²) >= 11 is 0. The quantitative estimate of drug-likeness (QED) is 0.774. The summed E-state index contributed by atoms with van der Waals surface area (Å²) in [5, 5.41) is 0. The summed E-state index contributed by atoms with van der Waals surface area (Å²) in [6.07, 6.45) is 4.99. The van der Waals surface area contributed by atoms with E-state index in [0.29, 0.717) is 12.0 Å². The van der Waals surface area contributed by atoms with Gasteiger partial charge in [0.05, 0.1) is 12.0 Å². The van der Waals surface area contributed by atoms with Crippen LogP contribution in [0.2, 0.25) is 0 Å². The maximum atomic E-state index is 6.07. The summed E-state index contributed by atoms with van der Waals surface area (Å²) in [6.45, 7) is 5.37. The van der Waals surface area contributed by atoms with E-state index < -0.39 is 0 Å². The average molecular weight is 208 g/mol. The number of nitrogens with two attached hydrogens (primary N) is 1. The molecule has 1 aliphatic rings. The van der Waals surface area contributed by atoms with E-state index in [1.807, 2.05) is 19.6 Å². The molecular weight excluding hydrogens is 188 g/mol. The number of hydrogen-bond acceptors (Lipinski definition) is 3. The first kappa shape index (κ1) is 10.6. The van der Waals surface area contributed by atoms with E-state index in [-0.39, 0.29) is 0 Å². The number of piperidine rings is 1. The first-order valence-corrected chi connectivity index (χ1v) is 5.60. The zero-order chi connectivity index (χ0) is 10.8. The Morgan fingerprint density at radius 3 is 3.00 bits per heavy atom. The molecule has 2 heterocycles. The number of hydrogen-bond donors (Lipinski definition) is 1. The Bertz CT molecular complexity index is 320. The number of aromatic nitrogens is 2. The Morgan fingerprint density at radius 1 is 1.60 bits per heavy atom. The summed E-state index contributed by atoms with van der Waals surface area (Å²) in [7, 11) is 2.04. The van der Waals surface area contributed by atoms with Gasteiger partial charge < -0.3 is 10.3 Å². The Hall–Kier alpha value is -0.870. The minimum Gasteiger partial charge on any atom is -0.337 e. The van der Waals surface area contributed by atoms with Crippen LogP contribution in [0.4, 0.5) is 0 Å². The van der Waals surface area contributed by atoms with Gasteiger partial charge in [-0.3, -0.25) is 4.90 Å². The van der Waals surface area contributed by atoms with Crippen molar-refractivity contribution in [3.05, 3.63) is 18.2 Å². The van der Waals surface area contributed by atoms with E-state index in [4.69, 9.17) is 5.73 Å². The van der Waals surface area contributed by atoms with Gasteiger partial charge in [-0.25, -0.2) is 4.98 Å². The molecular formula is C11H20N4. The third kappa shape index (κ3) is 2.38. The molecule has 84 valence electrons. The molecule has 2 N–H and O–H groups in total. The molecule has 0 bridgehead atoms. The molecule has 4 nitrogen and oxygen atoms in total. The lowest BCUT2D eigenvalue weighted by molar-refractivity contribution is 0.159. The van der Waals surface area contributed by atoms with Gasteiger partial charge in [0.15, 0.2) is 0 Å². The minimum atomic E-state index is 0.326. The van der Waals surface area contributed by atoms with E-state index in [0.717, 1.165) is 19.6 Å². The van der Waals surface area contributed by atoms with Crippen molar-refractivity contribution in [2.45, 2.75) is 25.9 Å². The van der Waals surface area contributed by atoms with Crippen molar-refractivity contribution in [2.24, 2.45) is 18.7 Å². The fraction of sp³-hybridized carbons (Fsp3) is 0.727. The van der Waals surface area contributed by atoms with Gasteiger partial charge in [-0.05, 0) is 18.9 Å². The smallest absolute Gasteiger partial charge is 0.0945 e. The largest absolute Gasteiger partial charge is 0.337 e. The summed E-state index contributed by atoms with van der Waals surface area (Å²) in [6, 6.07) is 0.326. The van der Waals surface area contributed by atoms with Crippen molar-refractivity contribution in [1.82, 2.24) is 14.5 Å². The molecule has 1 saturated heterocycles. The predicted octanol–water partition coefficient (Wildman–Crippen LogP) is 0.589. The van der Waals surface area contributed by atoms with Gasteiger partial charge in [0.1, 0.15) is 0 Å². The molecule has 2 atom stereocenters. The highest BCUT2D eigenvalue weighted by Gasteiger charge is 2.23. The van der Waals surface area contributed by atoms with Crippen LogP contribution in [0.1, 0.15) is 19.0 Å². The maximum absolute atomic E-state index is 6.07. The zero-order valence-electron chi connectivity index (χ0n) is 9.56. The fourth-order valence-electron chi connectivity index (χ4n) is 2.08. The molecule has 15 heavy (non-hydrogen) atoms. The van der Waals surface area contributed by atoms with Crippen molar-refractivity contribution >= 4 is 0 Å². The molecule has 0 spiro atoms. The first-order valence-electron chi connectivity index (χ1n) is 5.60. The highest BCUT2D eigenvalue weighted by Crippen LogP contribution is 2.17. The van der Waals surface area contributed by atoms with Crippen LogP contribution in [0.15, 0.2) is 12.5 Å². The Morgan fingerprint density at radius 2 is 2.40 bits per heavy atom. The van der Waals surface area contributed by atoms with Crippen LogP contribution in [0, 0.1) is 5.92 Å². The minimum absolute atomic E-state index is 0.326. The van der Waals surface area contributed by atoms with Crippen molar-refractivity contribution in [2.75, 3.05) is 13.1 Å². The molecule has 0 aromatic carbocycles. The van der Waals surface area contributed by atoms with E-state index >= 15 is 0 Å². The molecule has 0 saturated carbocycles. The number of imidazole rings is 1. The Kier molecular flexibility index (Phi) is 3.07. The number of nitrogens with zero attached hydrogens (tertiary/aromatic N) is 3. The lowest BCUT2D eigenvalue weighted by atomic mass is 9.94. The molecule has 1 aromatic rings. The molecule has 2 rings (SSSR count). The van der Waals surface area contributed by atoms with Gasteiger partial charge in [-0.2, -0.15) is 0 Å². The van der Waals surface area contributed by atoms with Crippen molar-refractivity contribution in [3.63, 3.8) is 0 Å². The van der Waals surface area contributed by atoms with Crippen LogP contribution in [-0.2, 0) is 13.6 Å². The second-order valence-electron chi connectivity index (χ2n) is 4.66. The van der Waals surface area contributed by atoms with Gasteiger partial charge in [0, 0.05) is 32.4 Å². The van der Waals surface area contributed by atoms with Crippen LogP contribution >= 0.6 is 0 Å². The van der Waals surface area contributed by atoms with Gasteiger partial charge in [0.25, 0.3) is 0 Å². The number of likely N-dealkylation sites (tertiary alicyclic amines) is 1. The molecule has 0 aliphatic carbocycles. The summed E-state index contributed by atoms with van der Waals surface area (Å²) < 4.78 is 2.07. The predicted molar refractivity (Wildman–Crippen MR) is 60.2 cm³/mol. The van der Waals surface area contributed by atoms with Crippen molar-refractivity contribution in [1.29, 1.82) is 0 Å². The SMILES string of the molecule is CC1CCN(Cc2cncn2C)CC1N. The maximum Gasteiger partial charge on any atom is 0.0945 e. The van der Waals surface area contributed by atoms with Gasteiger partial charge in [0.2, 0.25) is 0 Å². The molecule has 0 amide bonds. The normalized spacial score (nSPS) is 28.2. The lowest BCUT2D eigenvalue weighted by Gasteiger charge is -2.34. The van der Waals surface area contributed by atoms with Gasteiger partial charge in [-0.1, -0.05) is 6.92 Å². The van der Waals surface area contributed by atoms with Crippen LogP contribution in [0.5, 0.6) is 0 Å². The molecule has 0 radical (unpaired) electrons. The second kappa shape index (κ2) is 4.33. The molecule has 4 heteroatoms. The summed E-state index contributed by atoms with van der Waals surface area (Å²) in [5.41, 5.74) is 7.33. The third-order valence-corrected chi connectivity index (χ3v) is 3.40. The summed E-state index contributed by atoms with van der Waals surface area (Å²) in [4.78, 5) is 6.54. The average Bonchev–Trinajstić information content (AvgIpc) is 2.59. The molecule has 1 aliphatic heterocycles. The van der Waals surface area contributed by atoms with Crippen molar-refractivity contribution < 1.29 is 0 Å². The number of aryl methyl sites for hydroxylation is 1. The van der Waals surface area contributed by atoms with E-state index in [9.17, 15) is 0 Å². The second-order valence-corrected chi connectivity index (χ2v) is 4.66. The highest BCUT2D eigenvalue weighted by atomic mass is 15.2. The van der Waals surface area contributed by atoms with Crippen LogP contribution < -0.4 is 5.73 Å². The zero-order valence-corrected chi connectivity index (χ0v) is 9.56. The molecule has 1 aromatic heterocycles. The van der Waals surface area contributed by atoms with Crippen LogP contribution in [0.25, 0.3) is 0 Å². The van der Waals surface area contributed by atoms with E-state index in [2.05, 4.69) is 21.4 Å². The standard InChI is InChI=1S/C11H20N4/c1-9-3-4-15(7-11(9)12)6-10-5-13-8-14(10)2/h5,8-9,11H,3-4,6-7,12H2,1-2H3. The van der Waals surface area contributed by atoms with Crippen LogP contribution in [-0.4, -0.2) is 33.6 Å². The molecule has 1 fully saturated rings.